The Labute approximate surface area is 98.4 Å². The maximum atomic E-state index is 11.9. The van der Waals surface area contributed by atoms with Gasteiger partial charge >= 0.3 is 0 Å². The molecular formula is C12H16O3S. The smallest absolute Gasteiger partial charge is 0.189 e. The number of ether oxygens (including phenoxy) is 1. The Morgan fingerprint density at radius 1 is 1.38 bits per heavy atom. The molecule has 0 spiro atoms. The lowest BCUT2D eigenvalue weighted by atomic mass is 10.1. The third kappa shape index (κ3) is 2.70. The van der Waals surface area contributed by atoms with Crippen LogP contribution in [0.3, 0.4) is 0 Å². The molecule has 1 unspecified atom stereocenters. The van der Waals surface area contributed by atoms with Gasteiger partial charge in [-0.25, -0.2) is 4.21 Å². The Hall–Kier alpha value is -0.710. The monoisotopic (exact) mass is 240 g/mol. The number of hydrogen-bond donors (Lipinski definition) is 0. The first kappa shape index (κ1) is 11.8. The first-order valence-corrected chi connectivity index (χ1v) is 6.48. The van der Waals surface area contributed by atoms with Gasteiger partial charge in [0, 0.05) is 13.0 Å². The molecule has 0 N–H and O–H groups in total. The lowest BCUT2D eigenvalue weighted by Crippen LogP contribution is -2.14. The molecule has 16 heavy (non-hydrogen) atoms. The Bertz CT molecular complexity index is 397. The molecule has 1 aliphatic rings. The summed E-state index contributed by atoms with van der Waals surface area (Å²) in [7, 11) is 0. The van der Waals surface area contributed by atoms with Crippen molar-refractivity contribution >= 4 is 11.1 Å². The molecule has 0 aliphatic carbocycles. The highest BCUT2D eigenvalue weighted by molar-refractivity contribution is 7.80. The molecule has 2 atom stereocenters. The molecule has 1 saturated heterocycles. The van der Waals surface area contributed by atoms with Crippen molar-refractivity contribution < 1.29 is 13.1 Å². The number of aryl methyl sites for hydroxylation is 2. The maximum absolute atomic E-state index is 11.9. The lowest BCUT2D eigenvalue weighted by molar-refractivity contribution is 0.150. The van der Waals surface area contributed by atoms with Gasteiger partial charge in [-0.05, 0) is 37.1 Å². The summed E-state index contributed by atoms with van der Waals surface area (Å²) >= 11 is -1.37. The molecule has 88 valence electrons. The summed E-state index contributed by atoms with van der Waals surface area (Å²) in [6.45, 7) is 5.30. The van der Waals surface area contributed by atoms with Crippen molar-refractivity contribution in [3.8, 4) is 0 Å². The van der Waals surface area contributed by atoms with Crippen molar-refractivity contribution in [1.82, 2.24) is 0 Å². The molecule has 0 saturated carbocycles. The second kappa shape index (κ2) is 5.08. The van der Waals surface area contributed by atoms with Crippen LogP contribution < -0.4 is 0 Å². The zero-order valence-electron chi connectivity index (χ0n) is 9.56. The molecule has 3 nitrogen and oxygen atoms in total. The van der Waals surface area contributed by atoms with E-state index >= 15 is 0 Å². The first-order chi connectivity index (χ1) is 7.66. The van der Waals surface area contributed by atoms with E-state index in [2.05, 4.69) is 0 Å². The molecule has 1 heterocycles. The van der Waals surface area contributed by atoms with E-state index in [1.807, 2.05) is 32.0 Å². The van der Waals surface area contributed by atoms with Gasteiger partial charge in [-0.3, -0.25) is 4.18 Å². The maximum Gasteiger partial charge on any atom is 0.189 e. The van der Waals surface area contributed by atoms with Crippen LogP contribution >= 0.6 is 0 Å². The fraction of sp³-hybridized carbons (Fsp3) is 0.500. The number of benzene rings is 1. The van der Waals surface area contributed by atoms with Crippen LogP contribution in [0.25, 0.3) is 0 Å². The van der Waals surface area contributed by atoms with Gasteiger partial charge in [-0.15, -0.1) is 0 Å². The molecule has 0 radical (unpaired) electrons. The van der Waals surface area contributed by atoms with E-state index in [-0.39, 0.29) is 6.10 Å². The van der Waals surface area contributed by atoms with Crippen LogP contribution in [-0.4, -0.2) is 23.5 Å². The molecule has 4 heteroatoms. The van der Waals surface area contributed by atoms with Crippen LogP contribution in [0.2, 0.25) is 0 Å². The van der Waals surface area contributed by atoms with Crippen molar-refractivity contribution in [2.75, 3.05) is 13.2 Å². The quantitative estimate of drug-likeness (QED) is 0.812. The van der Waals surface area contributed by atoms with E-state index in [4.69, 9.17) is 8.92 Å². The summed E-state index contributed by atoms with van der Waals surface area (Å²) in [6, 6.07) is 5.74. The standard InChI is InChI=1S/C12H16O3S/c1-9-3-4-12(7-10(9)2)16(13)15-11-5-6-14-8-11/h3-4,7,11H,5-6,8H2,1-2H3/t11-,16?/m1/s1. The average Bonchev–Trinajstić information content (AvgIpc) is 2.74. The molecule has 1 aromatic carbocycles. The van der Waals surface area contributed by atoms with Crippen molar-refractivity contribution in [3.63, 3.8) is 0 Å². The second-order valence-electron chi connectivity index (χ2n) is 4.06. The van der Waals surface area contributed by atoms with Gasteiger partial charge in [0.15, 0.2) is 11.1 Å². The van der Waals surface area contributed by atoms with Crippen LogP contribution in [0.5, 0.6) is 0 Å². The predicted molar refractivity (Wildman–Crippen MR) is 62.6 cm³/mol. The summed E-state index contributed by atoms with van der Waals surface area (Å²) in [4.78, 5) is 0.731. The summed E-state index contributed by atoms with van der Waals surface area (Å²) in [5, 5.41) is 0. The van der Waals surface area contributed by atoms with Crippen LogP contribution in [0.4, 0.5) is 0 Å². The fourth-order valence-corrected chi connectivity index (χ4v) is 2.55. The summed E-state index contributed by atoms with van der Waals surface area (Å²) < 4.78 is 22.5. The summed E-state index contributed by atoms with van der Waals surface area (Å²) in [5.41, 5.74) is 2.34. The van der Waals surface area contributed by atoms with Crippen LogP contribution in [0.15, 0.2) is 23.1 Å². The minimum absolute atomic E-state index is 0.0255. The number of hydrogen-bond acceptors (Lipinski definition) is 3. The van der Waals surface area contributed by atoms with E-state index in [1.54, 1.807) is 0 Å². The largest absolute Gasteiger partial charge is 0.379 e. The molecule has 1 fully saturated rings. The number of rotatable bonds is 3. The first-order valence-electron chi connectivity index (χ1n) is 5.41. The van der Waals surface area contributed by atoms with Crippen molar-refractivity contribution in [2.24, 2.45) is 0 Å². The summed E-state index contributed by atoms with van der Waals surface area (Å²) in [6.07, 6.45) is 0.804. The molecule has 1 aromatic rings. The van der Waals surface area contributed by atoms with E-state index < -0.39 is 11.1 Å². The fourth-order valence-electron chi connectivity index (χ4n) is 1.59. The van der Waals surface area contributed by atoms with E-state index in [1.165, 1.54) is 5.56 Å². The van der Waals surface area contributed by atoms with E-state index in [0.717, 1.165) is 16.9 Å². The minimum atomic E-state index is -1.37. The predicted octanol–water partition coefficient (Wildman–Crippen LogP) is 2.13. The van der Waals surface area contributed by atoms with Crippen molar-refractivity contribution in [3.05, 3.63) is 29.3 Å². The Morgan fingerprint density at radius 3 is 2.81 bits per heavy atom. The SMILES string of the molecule is Cc1ccc(S(=O)O[C@@H]2CCOC2)cc1C. The van der Waals surface area contributed by atoms with Gasteiger partial charge < -0.3 is 4.74 Å². The van der Waals surface area contributed by atoms with E-state index in [0.29, 0.717) is 13.2 Å². The molecule has 0 aromatic heterocycles. The van der Waals surface area contributed by atoms with Crippen molar-refractivity contribution in [2.45, 2.75) is 31.3 Å². The molecule has 2 rings (SSSR count). The Morgan fingerprint density at radius 2 is 2.19 bits per heavy atom. The third-order valence-electron chi connectivity index (χ3n) is 2.78. The zero-order valence-corrected chi connectivity index (χ0v) is 10.4. The van der Waals surface area contributed by atoms with Gasteiger partial charge in [0.1, 0.15) is 6.10 Å². The van der Waals surface area contributed by atoms with Gasteiger partial charge in [-0.2, -0.15) is 0 Å². The van der Waals surface area contributed by atoms with Gasteiger partial charge in [0.25, 0.3) is 0 Å². The second-order valence-corrected chi connectivity index (χ2v) is 5.20. The third-order valence-corrected chi connectivity index (χ3v) is 3.87. The highest BCUT2D eigenvalue weighted by Crippen LogP contribution is 2.17. The Balaban J connectivity index is 2.05. The average molecular weight is 240 g/mol. The lowest BCUT2D eigenvalue weighted by Gasteiger charge is -2.09. The van der Waals surface area contributed by atoms with Crippen molar-refractivity contribution in [1.29, 1.82) is 0 Å². The highest BCUT2D eigenvalue weighted by Gasteiger charge is 2.20. The van der Waals surface area contributed by atoms with Crippen LogP contribution in [0, 0.1) is 13.8 Å². The summed E-state index contributed by atoms with van der Waals surface area (Å²) in [5.74, 6) is 0. The van der Waals surface area contributed by atoms with Crippen LogP contribution in [0.1, 0.15) is 17.5 Å². The Kier molecular flexibility index (Phi) is 3.74. The van der Waals surface area contributed by atoms with Gasteiger partial charge in [0.2, 0.25) is 0 Å². The molecular weight excluding hydrogens is 224 g/mol. The molecule has 0 bridgehead atoms. The van der Waals surface area contributed by atoms with Gasteiger partial charge in [0.05, 0.1) is 11.5 Å². The topological polar surface area (TPSA) is 35.5 Å². The normalized spacial score (nSPS) is 22.2. The highest BCUT2D eigenvalue weighted by atomic mass is 32.2. The molecule has 0 amide bonds. The van der Waals surface area contributed by atoms with Crippen LogP contribution in [-0.2, 0) is 20.0 Å². The van der Waals surface area contributed by atoms with E-state index in [9.17, 15) is 4.21 Å². The minimum Gasteiger partial charge on any atom is -0.379 e. The zero-order chi connectivity index (χ0) is 11.5. The van der Waals surface area contributed by atoms with Gasteiger partial charge in [-0.1, -0.05) is 6.07 Å². The molecule has 1 aliphatic heterocycles.